The molecule has 2 rings (SSSR count). The molecule has 0 bridgehead atoms. The van der Waals surface area contributed by atoms with Gasteiger partial charge in [-0.1, -0.05) is 6.92 Å². The number of hydrogen-bond donors (Lipinski definition) is 1. The fourth-order valence-corrected chi connectivity index (χ4v) is 2.84. The van der Waals surface area contributed by atoms with Crippen LogP contribution in [0.15, 0.2) is 22.2 Å². The lowest BCUT2D eigenvalue weighted by molar-refractivity contribution is -0.385. The number of halogens is 1. The summed E-state index contributed by atoms with van der Waals surface area (Å²) in [6.07, 6.45) is 3.05. The Labute approximate surface area is 128 Å². The van der Waals surface area contributed by atoms with Crippen LogP contribution in [0.1, 0.15) is 23.4 Å². The lowest BCUT2D eigenvalue weighted by Crippen LogP contribution is -2.11. The Bertz CT molecular complexity index is 618. The van der Waals surface area contributed by atoms with Crippen LogP contribution < -0.4 is 5.32 Å². The Morgan fingerprint density at radius 3 is 2.90 bits per heavy atom. The van der Waals surface area contributed by atoms with Crippen molar-refractivity contribution < 1.29 is 4.92 Å². The molecule has 1 N–H and O–H groups in total. The number of aromatic nitrogens is 2. The maximum atomic E-state index is 10.8. The Hall–Kier alpha value is -1.54. The number of nitro groups is 1. The first-order chi connectivity index (χ1) is 9.50. The van der Waals surface area contributed by atoms with Gasteiger partial charge in [-0.15, -0.1) is 11.3 Å². The SMILES string of the molecule is Cc1c([N+](=O)[O-])cnc(NCC(C)c2nccs2)c1Br. The van der Waals surface area contributed by atoms with E-state index in [-0.39, 0.29) is 11.6 Å². The molecule has 0 fully saturated rings. The van der Waals surface area contributed by atoms with Crippen molar-refractivity contribution in [3.05, 3.63) is 42.9 Å². The monoisotopic (exact) mass is 356 g/mol. The predicted octanol–water partition coefficient (Wildman–Crippen LogP) is 3.73. The summed E-state index contributed by atoms with van der Waals surface area (Å²) in [6.45, 7) is 4.42. The van der Waals surface area contributed by atoms with Gasteiger partial charge in [-0.25, -0.2) is 9.97 Å². The van der Waals surface area contributed by atoms with Gasteiger partial charge >= 0.3 is 0 Å². The molecule has 2 aromatic heterocycles. The predicted molar refractivity (Wildman–Crippen MR) is 82.3 cm³/mol. The van der Waals surface area contributed by atoms with Crippen molar-refractivity contribution in [1.29, 1.82) is 0 Å². The maximum absolute atomic E-state index is 10.8. The minimum Gasteiger partial charge on any atom is -0.368 e. The van der Waals surface area contributed by atoms with Crippen LogP contribution in [0, 0.1) is 17.0 Å². The number of nitrogens with zero attached hydrogens (tertiary/aromatic N) is 3. The third-order valence-corrected chi connectivity index (χ3v) is 4.86. The lowest BCUT2D eigenvalue weighted by atomic mass is 10.2. The first-order valence-corrected chi connectivity index (χ1v) is 7.60. The van der Waals surface area contributed by atoms with Crippen LogP contribution >= 0.6 is 27.3 Å². The molecule has 0 aliphatic carbocycles. The van der Waals surface area contributed by atoms with Gasteiger partial charge in [-0.3, -0.25) is 10.1 Å². The van der Waals surface area contributed by atoms with E-state index in [4.69, 9.17) is 0 Å². The Morgan fingerprint density at radius 1 is 1.55 bits per heavy atom. The van der Waals surface area contributed by atoms with Gasteiger partial charge in [-0.05, 0) is 22.9 Å². The second kappa shape index (κ2) is 6.27. The maximum Gasteiger partial charge on any atom is 0.291 e. The number of hydrogen-bond acceptors (Lipinski definition) is 6. The van der Waals surface area contributed by atoms with Gasteiger partial charge in [0.05, 0.1) is 14.4 Å². The highest BCUT2D eigenvalue weighted by Gasteiger charge is 2.17. The summed E-state index contributed by atoms with van der Waals surface area (Å²) in [5, 5.41) is 17.0. The summed E-state index contributed by atoms with van der Waals surface area (Å²) < 4.78 is 0.623. The van der Waals surface area contributed by atoms with Gasteiger partial charge in [0.2, 0.25) is 0 Å². The van der Waals surface area contributed by atoms with E-state index in [0.717, 1.165) is 5.01 Å². The highest BCUT2D eigenvalue weighted by molar-refractivity contribution is 9.10. The largest absolute Gasteiger partial charge is 0.368 e. The lowest BCUT2D eigenvalue weighted by Gasteiger charge is -2.12. The van der Waals surface area contributed by atoms with Crippen molar-refractivity contribution in [2.24, 2.45) is 0 Å². The van der Waals surface area contributed by atoms with E-state index in [1.807, 2.05) is 5.38 Å². The summed E-state index contributed by atoms with van der Waals surface area (Å²) in [4.78, 5) is 18.7. The number of nitrogens with one attached hydrogen (secondary N) is 1. The standard InChI is InChI=1S/C12H13BrN4O2S/c1-7(12-14-3-4-20-12)5-15-11-10(13)8(2)9(6-16-11)17(18)19/h3-4,6-7H,5H2,1-2H3,(H,15,16). The summed E-state index contributed by atoms with van der Waals surface area (Å²) in [6, 6.07) is 0. The average molecular weight is 357 g/mol. The highest BCUT2D eigenvalue weighted by Crippen LogP contribution is 2.31. The second-order valence-corrected chi connectivity index (χ2v) is 6.06. The van der Waals surface area contributed by atoms with Crippen LogP contribution in [0.3, 0.4) is 0 Å². The molecule has 0 aliphatic heterocycles. The number of thiazole rings is 1. The molecule has 1 unspecified atom stereocenters. The zero-order valence-electron chi connectivity index (χ0n) is 11.0. The molecule has 8 heteroatoms. The van der Waals surface area contributed by atoms with Crippen LogP contribution in [0.5, 0.6) is 0 Å². The molecule has 106 valence electrons. The Morgan fingerprint density at radius 2 is 2.30 bits per heavy atom. The quantitative estimate of drug-likeness (QED) is 0.651. The van der Waals surface area contributed by atoms with Crippen molar-refractivity contribution in [2.75, 3.05) is 11.9 Å². The molecule has 0 spiro atoms. The van der Waals surface area contributed by atoms with E-state index in [9.17, 15) is 10.1 Å². The number of pyridine rings is 1. The molecule has 0 saturated carbocycles. The normalized spacial score (nSPS) is 12.2. The zero-order chi connectivity index (χ0) is 14.7. The second-order valence-electron chi connectivity index (χ2n) is 4.34. The topological polar surface area (TPSA) is 81.0 Å². The van der Waals surface area contributed by atoms with E-state index >= 15 is 0 Å². The molecular weight excluding hydrogens is 344 g/mol. The Balaban J connectivity index is 2.11. The zero-order valence-corrected chi connectivity index (χ0v) is 13.4. The van der Waals surface area contributed by atoms with Gasteiger partial charge in [0.1, 0.15) is 12.0 Å². The van der Waals surface area contributed by atoms with Crippen LogP contribution in [0.25, 0.3) is 0 Å². The smallest absolute Gasteiger partial charge is 0.291 e. The minimum atomic E-state index is -0.435. The van der Waals surface area contributed by atoms with Gasteiger partial charge < -0.3 is 5.32 Å². The summed E-state index contributed by atoms with van der Waals surface area (Å²) in [5.74, 6) is 0.857. The van der Waals surface area contributed by atoms with E-state index in [0.29, 0.717) is 22.4 Å². The van der Waals surface area contributed by atoms with Gasteiger partial charge in [0, 0.05) is 29.6 Å². The number of rotatable bonds is 5. The minimum absolute atomic E-state index is 0.00963. The van der Waals surface area contributed by atoms with E-state index in [1.54, 1.807) is 24.5 Å². The van der Waals surface area contributed by atoms with Gasteiger partial charge in [0.25, 0.3) is 5.69 Å². The van der Waals surface area contributed by atoms with Crippen LogP contribution in [-0.2, 0) is 0 Å². The number of anilines is 1. The molecular formula is C12H13BrN4O2S. The van der Waals surface area contributed by atoms with Crippen molar-refractivity contribution in [2.45, 2.75) is 19.8 Å². The van der Waals surface area contributed by atoms with E-state index < -0.39 is 4.92 Å². The molecule has 0 aliphatic rings. The Kier molecular flexibility index (Phi) is 4.66. The molecule has 0 amide bonds. The van der Waals surface area contributed by atoms with Crippen molar-refractivity contribution >= 4 is 38.8 Å². The first kappa shape index (κ1) is 14.9. The summed E-state index contributed by atoms with van der Waals surface area (Å²) in [7, 11) is 0. The van der Waals surface area contributed by atoms with Crippen LogP contribution in [0.4, 0.5) is 11.5 Å². The summed E-state index contributed by atoms with van der Waals surface area (Å²) in [5.41, 5.74) is 0.574. The molecule has 2 aromatic rings. The van der Waals surface area contributed by atoms with Gasteiger partial charge in [-0.2, -0.15) is 0 Å². The third-order valence-electron chi connectivity index (χ3n) is 2.88. The summed E-state index contributed by atoms with van der Waals surface area (Å²) >= 11 is 4.96. The molecule has 1 atom stereocenters. The molecule has 0 radical (unpaired) electrons. The average Bonchev–Trinajstić information content (AvgIpc) is 2.93. The fraction of sp³-hybridized carbons (Fsp3) is 0.333. The molecule has 0 aromatic carbocycles. The molecule has 0 saturated heterocycles. The molecule has 2 heterocycles. The van der Waals surface area contributed by atoms with Crippen LogP contribution in [0.2, 0.25) is 0 Å². The van der Waals surface area contributed by atoms with Crippen LogP contribution in [-0.4, -0.2) is 21.4 Å². The van der Waals surface area contributed by atoms with Crippen molar-refractivity contribution in [1.82, 2.24) is 9.97 Å². The van der Waals surface area contributed by atoms with Crippen molar-refractivity contribution in [3.63, 3.8) is 0 Å². The molecule has 20 heavy (non-hydrogen) atoms. The van der Waals surface area contributed by atoms with Crippen molar-refractivity contribution in [3.8, 4) is 0 Å². The van der Waals surface area contributed by atoms with Gasteiger partial charge in [0.15, 0.2) is 0 Å². The van der Waals surface area contributed by atoms with E-state index in [1.165, 1.54) is 6.20 Å². The third kappa shape index (κ3) is 3.13. The first-order valence-electron chi connectivity index (χ1n) is 5.93. The molecule has 6 nitrogen and oxygen atoms in total. The highest BCUT2D eigenvalue weighted by atomic mass is 79.9. The van der Waals surface area contributed by atoms with E-state index in [2.05, 4.69) is 38.1 Å². The fourth-order valence-electron chi connectivity index (χ4n) is 1.69.